The van der Waals surface area contributed by atoms with Crippen molar-refractivity contribution in [2.75, 3.05) is 6.61 Å². The highest BCUT2D eigenvalue weighted by atomic mass is 16.3. The molecule has 354 valence electrons. The fourth-order valence-electron chi connectivity index (χ4n) is 7.89. The molecule has 3 N–H and O–H groups in total. The van der Waals surface area contributed by atoms with E-state index in [2.05, 4.69) is 79.9 Å². The van der Waals surface area contributed by atoms with Crippen LogP contribution in [0.25, 0.3) is 0 Å². The quantitative estimate of drug-likeness (QED) is 0.0422. The van der Waals surface area contributed by atoms with Crippen molar-refractivity contribution >= 4 is 5.91 Å². The molecule has 0 aromatic rings. The number of aliphatic hydroxyl groups is 2. The molecule has 0 saturated heterocycles. The molecule has 0 fully saturated rings. The zero-order chi connectivity index (χ0) is 44.2. The number of rotatable bonds is 48. The van der Waals surface area contributed by atoms with Gasteiger partial charge in [-0.05, 0) is 70.6 Å². The Kier molecular flexibility index (Phi) is 50.3. The zero-order valence-corrected chi connectivity index (χ0v) is 40.7. The van der Waals surface area contributed by atoms with Crippen molar-refractivity contribution in [3.63, 3.8) is 0 Å². The second-order valence-corrected chi connectivity index (χ2v) is 17.9. The molecule has 1 amide bonds. The summed E-state index contributed by atoms with van der Waals surface area (Å²) in [6.45, 7) is 4.19. The molecule has 61 heavy (non-hydrogen) atoms. The fraction of sp³-hybridized carbons (Fsp3) is 0.772. The number of hydrogen-bond acceptors (Lipinski definition) is 3. The third-order valence-corrected chi connectivity index (χ3v) is 11.9. The molecule has 0 spiro atoms. The van der Waals surface area contributed by atoms with Gasteiger partial charge in [0.15, 0.2) is 0 Å². The molecule has 0 aliphatic carbocycles. The first-order valence-corrected chi connectivity index (χ1v) is 26.7. The Morgan fingerprint density at radius 1 is 0.410 bits per heavy atom. The summed E-state index contributed by atoms with van der Waals surface area (Å²) in [6.07, 6.45) is 74.9. The molecule has 0 radical (unpaired) electrons. The van der Waals surface area contributed by atoms with Gasteiger partial charge in [0.1, 0.15) is 0 Å². The van der Waals surface area contributed by atoms with E-state index in [4.69, 9.17) is 0 Å². The molecule has 0 heterocycles. The third kappa shape index (κ3) is 48.7. The molecule has 0 aliphatic heterocycles. The molecular weight excluding hydrogens is 747 g/mol. The number of aliphatic hydroxyl groups excluding tert-OH is 2. The molecule has 0 saturated carbocycles. The number of allylic oxidation sites excluding steroid dienone is 11. The van der Waals surface area contributed by atoms with E-state index in [-0.39, 0.29) is 12.5 Å². The normalized spacial score (nSPS) is 13.4. The Bertz CT molecular complexity index is 1050. The van der Waals surface area contributed by atoms with E-state index in [1.165, 1.54) is 173 Å². The van der Waals surface area contributed by atoms with Crippen LogP contribution in [0.3, 0.4) is 0 Å². The highest BCUT2D eigenvalue weighted by Gasteiger charge is 2.17. The van der Waals surface area contributed by atoms with Crippen molar-refractivity contribution in [3.8, 4) is 0 Å². The van der Waals surface area contributed by atoms with Gasteiger partial charge in [0, 0.05) is 6.42 Å². The van der Waals surface area contributed by atoms with Crippen molar-refractivity contribution in [1.82, 2.24) is 5.32 Å². The Balaban J connectivity index is 3.56. The fourth-order valence-corrected chi connectivity index (χ4v) is 7.89. The van der Waals surface area contributed by atoms with Gasteiger partial charge in [-0.2, -0.15) is 0 Å². The molecule has 4 nitrogen and oxygen atoms in total. The first kappa shape index (κ1) is 58.8. The minimum absolute atomic E-state index is 0.0884. The Labute approximate surface area is 380 Å². The number of carbonyl (C=O) groups excluding carboxylic acids is 1. The predicted molar refractivity (Wildman–Crippen MR) is 271 cm³/mol. The lowest BCUT2D eigenvalue weighted by molar-refractivity contribution is -0.123. The minimum atomic E-state index is -0.873. The average Bonchev–Trinajstić information content (AvgIpc) is 3.26. The van der Waals surface area contributed by atoms with Gasteiger partial charge in [0.25, 0.3) is 0 Å². The largest absolute Gasteiger partial charge is 0.394 e. The van der Waals surface area contributed by atoms with Crippen LogP contribution in [-0.4, -0.2) is 34.9 Å². The van der Waals surface area contributed by atoms with E-state index in [1.54, 1.807) is 6.08 Å². The summed E-state index contributed by atoms with van der Waals surface area (Å²) >= 11 is 0. The zero-order valence-electron chi connectivity index (χ0n) is 40.7. The summed E-state index contributed by atoms with van der Waals surface area (Å²) in [5.41, 5.74) is 0. The summed E-state index contributed by atoms with van der Waals surface area (Å²) in [6, 6.07) is -0.652. The molecule has 0 aromatic carbocycles. The maximum atomic E-state index is 12.4. The summed E-state index contributed by atoms with van der Waals surface area (Å²) in [4.78, 5) is 12.4. The molecule has 2 atom stereocenters. The second-order valence-electron chi connectivity index (χ2n) is 17.9. The van der Waals surface area contributed by atoms with Crippen LogP contribution in [0.5, 0.6) is 0 Å². The van der Waals surface area contributed by atoms with E-state index in [9.17, 15) is 15.0 Å². The summed E-state index contributed by atoms with van der Waals surface area (Å²) < 4.78 is 0. The van der Waals surface area contributed by atoms with Gasteiger partial charge >= 0.3 is 0 Å². The van der Waals surface area contributed by atoms with Crippen molar-refractivity contribution in [2.45, 2.75) is 276 Å². The first-order valence-electron chi connectivity index (χ1n) is 26.7. The van der Waals surface area contributed by atoms with Gasteiger partial charge in [-0.1, -0.05) is 260 Å². The summed E-state index contributed by atoms with van der Waals surface area (Å²) in [7, 11) is 0. The van der Waals surface area contributed by atoms with Crippen LogP contribution in [0.4, 0.5) is 0 Å². The number of unbranched alkanes of at least 4 members (excludes halogenated alkanes) is 31. The van der Waals surface area contributed by atoms with E-state index < -0.39 is 12.1 Å². The lowest BCUT2D eigenvalue weighted by atomic mass is 10.0. The van der Waals surface area contributed by atoms with Crippen molar-refractivity contribution in [2.24, 2.45) is 0 Å². The Hall–Kier alpha value is -2.17. The van der Waals surface area contributed by atoms with E-state index in [0.717, 1.165) is 70.6 Å². The van der Waals surface area contributed by atoms with Crippen LogP contribution in [0, 0.1) is 0 Å². The molecule has 0 bridgehead atoms. The monoisotopic (exact) mass is 850 g/mol. The van der Waals surface area contributed by atoms with E-state index in [0.29, 0.717) is 6.42 Å². The average molecular weight is 850 g/mol. The van der Waals surface area contributed by atoms with Gasteiger partial charge in [-0.3, -0.25) is 4.79 Å². The molecule has 4 heteroatoms. The van der Waals surface area contributed by atoms with Crippen molar-refractivity contribution in [3.05, 3.63) is 72.9 Å². The summed E-state index contributed by atoms with van der Waals surface area (Å²) in [5.74, 6) is -0.0884. The molecule has 0 rings (SSSR count). The van der Waals surface area contributed by atoms with Crippen LogP contribution in [0.2, 0.25) is 0 Å². The maximum Gasteiger partial charge on any atom is 0.220 e. The SMILES string of the molecule is CC/C=C\C/C=C\C/C=C\C/C=C\CCCCCCCCC(=O)NC(CO)C(O)/C=C/CC/C=C/CCCCCCCCCCCCCCCCCCCCCCCCCC. The van der Waals surface area contributed by atoms with Crippen LogP contribution in [0.1, 0.15) is 264 Å². The maximum absolute atomic E-state index is 12.4. The third-order valence-electron chi connectivity index (χ3n) is 11.9. The second kappa shape index (κ2) is 52.2. The van der Waals surface area contributed by atoms with Crippen molar-refractivity contribution < 1.29 is 15.0 Å². The van der Waals surface area contributed by atoms with Gasteiger partial charge in [-0.25, -0.2) is 0 Å². The molecular formula is C57H103NO3. The minimum Gasteiger partial charge on any atom is -0.394 e. The van der Waals surface area contributed by atoms with Crippen molar-refractivity contribution in [1.29, 1.82) is 0 Å². The lowest BCUT2D eigenvalue weighted by Gasteiger charge is -2.19. The van der Waals surface area contributed by atoms with Crippen LogP contribution >= 0.6 is 0 Å². The van der Waals surface area contributed by atoms with Crippen LogP contribution in [-0.2, 0) is 4.79 Å². The Morgan fingerprint density at radius 3 is 1.15 bits per heavy atom. The topological polar surface area (TPSA) is 69.6 Å². The highest BCUT2D eigenvalue weighted by Crippen LogP contribution is 2.16. The van der Waals surface area contributed by atoms with E-state index in [1.807, 2.05) is 6.08 Å². The highest BCUT2D eigenvalue weighted by molar-refractivity contribution is 5.76. The number of carbonyl (C=O) groups is 1. The van der Waals surface area contributed by atoms with Gasteiger partial charge < -0.3 is 15.5 Å². The first-order chi connectivity index (χ1) is 30.2. The molecule has 0 aliphatic rings. The van der Waals surface area contributed by atoms with Crippen LogP contribution < -0.4 is 5.32 Å². The number of amides is 1. The smallest absolute Gasteiger partial charge is 0.220 e. The lowest BCUT2D eigenvalue weighted by Crippen LogP contribution is -2.45. The van der Waals surface area contributed by atoms with Crippen LogP contribution in [0.15, 0.2) is 72.9 Å². The Morgan fingerprint density at radius 2 is 0.738 bits per heavy atom. The number of nitrogens with one attached hydrogen (secondary N) is 1. The van der Waals surface area contributed by atoms with E-state index >= 15 is 0 Å². The summed E-state index contributed by atoms with van der Waals surface area (Å²) in [5, 5.41) is 23.1. The van der Waals surface area contributed by atoms with Gasteiger partial charge in [-0.15, -0.1) is 0 Å². The van der Waals surface area contributed by atoms with Gasteiger partial charge in [0.05, 0.1) is 18.8 Å². The standard InChI is InChI=1S/C57H103NO3/c1-3-5-7-9-11-13-15-17-19-21-23-24-25-26-27-28-29-30-31-32-33-35-36-38-40-42-44-46-48-50-52-56(60)55(54-59)58-57(61)53-51-49-47-45-43-41-39-37-34-22-20-18-16-14-12-10-8-6-4-2/h6,8,12,14,18,20,34,37,42,44,50,52,55-56,59-60H,3-5,7,9-11,13,15-17,19,21-33,35-36,38-41,43,45-49,51,53-54H2,1-2H3,(H,58,61)/b8-6-,14-12-,20-18-,37-34-,44-42+,52-50+. The predicted octanol–water partition coefficient (Wildman–Crippen LogP) is 17.4. The molecule has 0 aromatic heterocycles. The number of hydrogen-bond donors (Lipinski definition) is 3. The molecule has 2 unspecified atom stereocenters. The van der Waals surface area contributed by atoms with Gasteiger partial charge in [0.2, 0.25) is 5.91 Å².